The highest BCUT2D eigenvalue weighted by Crippen LogP contribution is 2.37. The van der Waals surface area contributed by atoms with Crippen molar-refractivity contribution in [2.24, 2.45) is 0 Å². The number of benzene rings is 2. The number of hydrogen-bond acceptors (Lipinski definition) is 4. The first-order valence-electron chi connectivity index (χ1n) is 10.7. The third-order valence-electron chi connectivity index (χ3n) is 6.15. The van der Waals surface area contributed by atoms with Crippen molar-refractivity contribution in [2.75, 3.05) is 36.4 Å². The Balaban J connectivity index is 1.43. The molecule has 9 heteroatoms. The van der Waals surface area contributed by atoms with Crippen LogP contribution in [0.5, 0.6) is 0 Å². The molecular weight excluding hydrogens is 431 g/mol. The van der Waals surface area contributed by atoms with Crippen LogP contribution in [0, 0.1) is 17.5 Å². The Kier molecular flexibility index (Phi) is 5.32. The zero-order chi connectivity index (χ0) is 23.1. The average Bonchev–Trinajstić information content (AvgIpc) is 3.27. The molecule has 6 nitrogen and oxygen atoms in total. The molecule has 1 amide bonds. The van der Waals surface area contributed by atoms with Crippen molar-refractivity contribution in [3.8, 4) is 0 Å². The number of fused-ring (bicyclic) bond motifs is 1. The zero-order valence-corrected chi connectivity index (χ0v) is 17.9. The Hall–Kier alpha value is -3.75. The van der Waals surface area contributed by atoms with E-state index in [0.29, 0.717) is 43.3 Å². The molecule has 33 heavy (non-hydrogen) atoms. The van der Waals surface area contributed by atoms with Gasteiger partial charge in [-0.1, -0.05) is 6.07 Å². The molecule has 5 rings (SSSR count). The van der Waals surface area contributed by atoms with Gasteiger partial charge in [0.25, 0.3) is 5.91 Å². The van der Waals surface area contributed by atoms with Crippen LogP contribution in [0.1, 0.15) is 18.5 Å². The molecule has 1 fully saturated rings. The zero-order valence-electron chi connectivity index (χ0n) is 17.9. The Morgan fingerprint density at radius 2 is 1.67 bits per heavy atom. The van der Waals surface area contributed by atoms with Gasteiger partial charge in [0.15, 0.2) is 0 Å². The molecule has 2 aliphatic rings. The van der Waals surface area contributed by atoms with E-state index in [1.54, 1.807) is 40.9 Å². The number of halogens is 3. The van der Waals surface area contributed by atoms with Crippen molar-refractivity contribution in [3.63, 3.8) is 0 Å². The fourth-order valence-electron chi connectivity index (χ4n) is 4.48. The van der Waals surface area contributed by atoms with Gasteiger partial charge < -0.3 is 15.1 Å². The van der Waals surface area contributed by atoms with Crippen molar-refractivity contribution in [2.45, 2.75) is 13.0 Å². The Morgan fingerprint density at radius 1 is 0.970 bits per heavy atom. The van der Waals surface area contributed by atoms with Gasteiger partial charge in [0.1, 0.15) is 29.3 Å². The van der Waals surface area contributed by atoms with Crippen molar-refractivity contribution >= 4 is 17.4 Å². The molecule has 3 heterocycles. The Bertz CT molecular complexity index is 1230. The van der Waals surface area contributed by atoms with Crippen molar-refractivity contribution in [1.82, 2.24) is 14.7 Å². The van der Waals surface area contributed by atoms with Crippen LogP contribution in [-0.2, 0) is 4.79 Å². The summed E-state index contributed by atoms with van der Waals surface area (Å²) in [7, 11) is 0. The summed E-state index contributed by atoms with van der Waals surface area (Å²) in [5, 5.41) is 7.47. The van der Waals surface area contributed by atoms with E-state index in [9.17, 15) is 18.0 Å². The molecule has 0 saturated carbocycles. The second-order valence-corrected chi connectivity index (χ2v) is 8.15. The standard InChI is InChI=1S/C24H22F3N5O/c1-15-22(24(33)31-12-10-30(11-13-31)18-5-2-16(25)3-6-18)23(32-21(29-15)8-9-28-32)19-7-4-17(26)14-20(19)27/h2-9,14,23,29H,10-13H2,1H3. The lowest BCUT2D eigenvalue weighted by molar-refractivity contribution is -0.128. The molecule has 170 valence electrons. The van der Waals surface area contributed by atoms with Gasteiger partial charge in [-0.15, -0.1) is 0 Å². The summed E-state index contributed by atoms with van der Waals surface area (Å²) < 4.78 is 43.2. The lowest BCUT2D eigenvalue weighted by Gasteiger charge is -2.38. The molecule has 1 atom stereocenters. The largest absolute Gasteiger partial charge is 0.368 e. The minimum atomic E-state index is -0.820. The molecule has 1 saturated heterocycles. The summed E-state index contributed by atoms with van der Waals surface area (Å²) in [6.07, 6.45) is 1.57. The Labute approximate surface area is 188 Å². The van der Waals surface area contributed by atoms with Crippen LogP contribution < -0.4 is 10.2 Å². The highest BCUT2D eigenvalue weighted by Gasteiger charge is 2.37. The second-order valence-electron chi connectivity index (χ2n) is 8.15. The SMILES string of the molecule is CC1=C(C(=O)N2CCN(c3ccc(F)cc3)CC2)C(c2ccc(F)cc2F)n2nccc2N1. The van der Waals surface area contributed by atoms with Crippen LogP contribution in [0.2, 0.25) is 0 Å². The third-order valence-corrected chi connectivity index (χ3v) is 6.15. The average molecular weight is 453 g/mol. The van der Waals surface area contributed by atoms with Crippen LogP contribution >= 0.6 is 0 Å². The van der Waals surface area contributed by atoms with Gasteiger partial charge >= 0.3 is 0 Å². The molecule has 1 aromatic heterocycles. The number of rotatable bonds is 3. The normalized spacial score (nSPS) is 18.2. The van der Waals surface area contributed by atoms with Gasteiger partial charge in [-0.05, 0) is 37.3 Å². The fraction of sp³-hybridized carbons (Fsp3) is 0.250. The van der Waals surface area contributed by atoms with E-state index in [1.165, 1.54) is 24.3 Å². The van der Waals surface area contributed by atoms with E-state index in [2.05, 4.69) is 15.3 Å². The predicted molar refractivity (Wildman–Crippen MR) is 118 cm³/mol. The van der Waals surface area contributed by atoms with E-state index in [4.69, 9.17) is 0 Å². The smallest absolute Gasteiger partial charge is 0.254 e. The van der Waals surface area contributed by atoms with Crippen molar-refractivity contribution in [3.05, 3.63) is 89.0 Å². The second kappa shape index (κ2) is 8.31. The molecule has 0 aliphatic carbocycles. The maximum Gasteiger partial charge on any atom is 0.254 e. The number of carbonyl (C=O) groups excluding carboxylic acids is 1. The molecule has 0 bridgehead atoms. The summed E-state index contributed by atoms with van der Waals surface area (Å²) in [4.78, 5) is 17.5. The molecular formula is C24H22F3N5O. The first-order valence-corrected chi connectivity index (χ1v) is 10.7. The number of piperazine rings is 1. The van der Waals surface area contributed by atoms with Crippen LogP contribution in [0.3, 0.4) is 0 Å². The van der Waals surface area contributed by atoms with Crippen LogP contribution in [0.4, 0.5) is 24.7 Å². The lowest BCUT2D eigenvalue weighted by atomic mass is 9.93. The summed E-state index contributed by atoms with van der Waals surface area (Å²) in [6.45, 7) is 3.85. The van der Waals surface area contributed by atoms with Gasteiger partial charge in [0, 0.05) is 55.3 Å². The summed E-state index contributed by atoms with van der Waals surface area (Å²) >= 11 is 0. The fourth-order valence-corrected chi connectivity index (χ4v) is 4.48. The van der Waals surface area contributed by atoms with Crippen LogP contribution in [0.25, 0.3) is 0 Å². The third kappa shape index (κ3) is 3.83. The van der Waals surface area contributed by atoms with Crippen molar-refractivity contribution < 1.29 is 18.0 Å². The first-order chi connectivity index (χ1) is 15.9. The number of allylic oxidation sites excluding steroid dienone is 1. The number of nitrogens with one attached hydrogen (secondary N) is 1. The van der Waals surface area contributed by atoms with Gasteiger partial charge in [-0.3, -0.25) is 4.79 Å². The number of hydrogen-bond donors (Lipinski definition) is 1. The number of nitrogens with zero attached hydrogens (tertiary/aromatic N) is 4. The molecule has 2 aromatic carbocycles. The molecule has 0 radical (unpaired) electrons. The highest BCUT2D eigenvalue weighted by atomic mass is 19.1. The lowest BCUT2D eigenvalue weighted by Crippen LogP contribution is -2.50. The molecule has 0 spiro atoms. The quantitative estimate of drug-likeness (QED) is 0.653. The summed E-state index contributed by atoms with van der Waals surface area (Å²) in [5.74, 6) is -1.32. The predicted octanol–water partition coefficient (Wildman–Crippen LogP) is 3.94. The van der Waals surface area contributed by atoms with E-state index in [1.807, 2.05) is 0 Å². The maximum atomic E-state index is 14.8. The maximum absolute atomic E-state index is 14.8. The first kappa shape index (κ1) is 21.1. The molecule has 3 aromatic rings. The minimum absolute atomic E-state index is 0.176. The van der Waals surface area contributed by atoms with E-state index in [-0.39, 0.29) is 17.3 Å². The van der Waals surface area contributed by atoms with E-state index < -0.39 is 17.7 Å². The topological polar surface area (TPSA) is 53.4 Å². The minimum Gasteiger partial charge on any atom is -0.368 e. The number of aromatic nitrogens is 2. The molecule has 2 aliphatic heterocycles. The van der Waals surface area contributed by atoms with Gasteiger partial charge in [0.05, 0.1) is 11.8 Å². The monoisotopic (exact) mass is 453 g/mol. The van der Waals surface area contributed by atoms with Crippen LogP contribution in [0.15, 0.2) is 66.0 Å². The molecule has 1 N–H and O–H groups in total. The van der Waals surface area contributed by atoms with E-state index >= 15 is 0 Å². The van der Waals surface area contributed by atoms with Gasteiger partial charge in [-0.2, -0.15) is 5.10 Å². The van der Waals surface area contributed by atoms with Crippen LogP contribution in [-0.4, -0.2) is 46.8 Å². The number of anilines is 2. The van der Waals surface area contributed by atoms with Crippen molar-refractivity contribution in [1.29, 1.82) is 0 Å². The number of amides is 1. The summed E-state index contributed by atoms with van der Waals surface area (Å²) in [6, 6.07) is 10.5. The summed E-state index contributed by atoms with van der Waals surface area (Å²) in [5.41, 5.74) is 2.04. The highest BCUT2D eigenvalue weighted by molar-refractivity contribution is 5.97. The van der Waals surface area contributed by atoms with Gasteiger partial charge in [0.2, 0.25) is 0 Å². The molecule has 1 unspecified atom stereocenters. The van der Waals surface area contributed by atoms with E-state index in [0.717, 1.165) is 11.8 Å². The number of carbonyl (C=O) groups is 1. The van der Waals surface area contributed by atoms with Gasteiger partial charge in [-0.25, -0.2) is 17.9 Å². The Morgan fingerprint density at radius 3 is 2.36 bits per heavy atom.